The Labute approximate surface area is 131 Å². The van der Waals surface area contributed by atoms with Gasteiger partial charge in [0.05, 0.1) is 17.2 Å². The molecule has 2 aromatic rings. The Hall–Kier alpha value is -1.32. The van der Waals surface area contributed by atoms with Crippen LogP contribution in [0.25, 0.3) is 10.2 Å². The van der Waals surface area contributed by atoms with Gasteiger partial charge >= 0.3 is 0 Å². The molecular weight excluding hydrogens is 302 g/mol. The van der Waals surface area contributed by atoms with Gasteiger partial charge in [-0.2, -0.15) is 5.26 Å². The molecule has 0 fully saturated rings. The molecule has 21 heavy (non-hydrogen) atoms. The van der Waals surface area contributed by atoms with E-state index in [2.05, 4.69) is 13.0 Å². The Balaban J connectivity index is 2.22. The zero-order valence-electron chi connectivity index (χ0n) is 12.0. The van der Waals surface area contributed by atoms with Crippen molar-refractivity contribution in [2.45, 2.75) is 50.7 Å². The molecule has 0 bridgehead atoms. The summed E-state index contributed by atoms with van der Waals surface area (Å²) >= 11 is 3.03. The molecule has 4 nitrogen and oxygen atoms in total. The number of hydrogen-bond donors (Lipinski definition) is 0. The van der Waals surface area contributed by atoms with Crippen LogP contribution in [0.2, 0.25) is 0 Å². The summed E-state index contributed by atoms with van der Waals surface area (Å²) in [6.07, 6.45) is 5.34. The summed E-state index contributed by atoms with van der Waals surface area (Å²) in [6, 6.07) is 2.11. The molecule has 0 aliphatic heterocycles. The summed E-state index contributed by atoms with van der Waals surface area (Å²) in [5.74, 6) is 0.326. The Bertz CT molecular complexity index is 770. The Morgan fingerprint density at radius 2 is 2.24 bits per heavy atom. The third-order valence-electron chi connectivity index (χ3n) is 3.75. The number of thiophene rings is 1. The van der Waals surface area contributed by atoms with Gasteiger partial charge in [-0.15, -0.1) is 11.3 Å². The van der Waals surface area contributed by atoms with Crippen LogP contribution in [0.15, 0.2) is 9.95 Å². The third-order valence-corrected chi connectivity index (χ3v) is 5.78. The number of thioether (sulfide) groups is 1. The van der Waals surface area contributed by atoms with Crippen LogP contribution in [0.3, 0.4) is 0 Å². The van der Waals surface area contributed by atoms with Crippen LogP contribution in [-0.4, -0.2) is 15.3 Å². The van der Waals surface area contributed by atoms with Crippen molar-refractivity contribution in [1.82, 2.24) is 9.55 Å². The largest absolute Gasteiger partial charge is 0.287 e. The van der Waals surface area contributed by atoms with E-state index in [0.29, 0.717) is 17.5 Å². The van der Waals surface area contributed by atoms with Crippen molar-refractivity contribution >= 4 is 33.3 Å². The highest BCUT2D eigenvalue weighted by Crippen LogP contribution is 2.34. The van der Waals surface area contributed by atoms with Crippen LogP contribution in [-0.2, 0) is 19.4 Å². The van der Waals surface area contributed by atoms with Gasteiger partial charge in [-0.25, -0.2) is 4.98 Å². The lowest BCUT2D eigenvalue weighted by Gasteiger charge is -2.12. The first-order chi connectivity index (χ1) is 10.3. The number of aryl methyl sites for hydroxylation is 2. The molecule has 0 N–H and O–H groups in total. The third kappa shape index (κ3) is 2.60. The van der Waals surface area contributed by atoms with Gasteiger partial charge in [0.25, 0.3) is 5.56 Å². The number of aromatic nitrogens is 2. The van der Waals surface area contributed by atoms with E-state index in [-0.39, 0.29) is 5.56 Å². The van der Waals surface area contributed by atoms with E-state index in [4.69, 9.17) is 10.2 Å². The van der Waals surface area contributed by atoms with Gasteiger partial charge < -0.3 is 0 Å². The van der Waals surface area contributed by atoms with E-state index in [1.165, 1.54) is 28.6 Å². The molecule has 110 valence electrons. The molecule has 0 radical (unpaired) electrons. The predicted molar refractivity (Wildman–Crippen MR) is 87.2 cm³/mol. The molecule has 0 unspecified atom stereocenters. The minimum atomic E-state index is 0.0849. The lowest BCUT2D eigenvalue weighted by molar-refractivity contribution is 0.585. The van der Waals surface area contributed by atoms with E-state index >= 15 is 0 Å². The highest BCUT2D eigenvalue weighted by molar-refractivity contribution is 7.99. The van der Waals surface area contributed by atoms with Crippen molar-refractivity contribution in [2.24, 2.45) is 0 Å². The van der Waals surface area contributed by atoms with E-state index in [9.17, 15) is 4.79 Å². The fourth-order valence-corrected chi connectivity index (χ4v) is 4.84. The topological polar surface area (TPSA) is 58.7 Å². The molecule has 1 aliphatic rings. The molecule has 0 spiro atoms. The number of rotatable bonds is 4. The fraction of sp³-hybridized carbons (Fsp3) is 0.533. The number of nitrogens with zero attached hydrogens (tertiary/aromatic N) is 3. The molecule has 0 saturated carbocycles. The molecule has 0 amide bonds. The van der Waals surface area contributed by atoms with Crippen LogP contribution in [0.5, 0.6) is 0 Å². The van der Waals surface area contributed by atoms with Gasteiger partial charge in [-0.05, 0) is 37.7 Å². The number of hydrogen-bond acceptors (Lipinski definition) is 5. The maximum atomic E-state index is 12.9. The second-order valence-electron chi connectivity index (χ2n) is 5.19. The van der Waals surface area contributed by atoms with Crippen LogP contribution < -0.4 is 5.56 Å². The minimum absolute atomic E-state index is 0.0849. The van der Waals surface area contributed by atoms with Gasteiger partial charge in [0.1, 0.15) is 4.83 Å². The highest BCUT2D eigenvalue weighted by Gasteiger charge is 2.21. The normalized spacial score (nSPS) is 14.1. The summed E-state index contributed by atoms with van der Waals surface area (Å²) in [4.78, 5) is 19.8. The smallest absolute Gasteiger partial charge is 0.263 e. The Kier molecular flexibility index (Phi) is 4.32. The van der Waals surface area contributed by atoms with Crippen LogP contribution in [0.1, 0.15) is 36.6 Å². The van der Waals surface area contributed by atoms with Gasteiger partial charge in [0, 0.05) is 11.4 Å². The predicted octanol–water partition coefficient (Wildman–Crippen LogP) is 3.36. The second-order valence-corrected chi connectivity index (χ2v) is 7.22. The number of fused-ring (bicyclic) bond motifs is 3. The van der Waals surface area contributed by atoms with Gasteiger partial charge in [0.15, 0.2) is 5.16 Å². The first-order valence-electron chi connectivity index (χ1n) is 7.31. The maximum Gasteiger partial charge on any atom is 0.263 e. The summed E-state index contributed by atoms with van der Waals surface area (Å²) < 4.78 is 1.76. The average Bonchev–Trinajstić information content (AvgIpc) is 2.86. The van der Waals surface area contributed by atoms with Gasteiger partial charge in [-0.1, -0.05) is 18.7 Å². The van der Waals surface area contributed by atoms with E-state index in [0.717, 1.165) is 35.9 Å². The maximum absolute atomic E-state index is 12.9. The zero-order chi connectivity index (χ0) is 14.8. The molecule has 0 aromatic carbocycles. The van der Waals surface area contributed by atoms with Gasteiger partial charge in [0.2, 0.25) is 0 Å². The first kappa shape index (κ1) is 14.6. The lowest BCUT2D eigenvalue weighted by Crippen LogP contribution is -2.23. The van der Waals surface area contributed by atoms with Crippen molar-refractivity contribution in [1.29, 1.82) is 5.26 Å². The molecular formula is C15H17N3OS2. The van der Waals surface area contributed by atoms with Gasteiger partial charge in [-0.3, -0.25) is 9.36 Å². The monoisotopic (exact) mass is 319 g/mol. The number of nitriles is 1. The molecule has 0 saturated heterocycles. The van der Waals surface area contributed by atoms with E-state index < -0.39 is 0 Å². The average molecular weight is 319 g/mol. The molecule has 1 aliphatic carbocycles. The van der Waals surface area contributed by atoms with Crippen LogP contribution >= 0.6 is 23.1 Å². The van der Waals surface area contributed by atoms with Crippen molar-refractivity contribution in [3.05, 3.63) is 20.8 Å². The van der Waals surface area contributed by atoms with Crippen LogP contribution in [0.4, 0.5) is 0 Å². The van der Waals surface area contributed by atoms with E-state index in [1.807, 2.05) is 0 Å². The quantitative estimate of drug-likeness (QED) is 0.640. The molecule has 0 atom stereocenters. The molecule has 2 aromatic heterocycles. The second kappa shape index (κ2) is 6.20. The van der Waals surface area contributed by atoms with Crippen LogP contribution in [0, 0.1) is 11.3 Å². The first-order valence-corrected chi connectivity index (χ1v) is 9.11. The molecule has 3 rings (SSSR count). The summed E-state index contributed by atoms with van der Waals surface area (Å²) in [5.41, 5.74) is 1.32. The summed E-state index contributed by atoms with van der Waals surface area (Å²) in [5, 5.41) is 10.3. The minimum Gasteiger partial charge on any atom is -0.287 e. The summed E-state index contributed by atoms with van der Waals surface area (Å²) in [6.45, 7) is 2.72. The lowest BCUT2D eigenvalue weighted by atomic mass is 9.97. The Morgan fingerprint density at radius 1 is 1.43 bits per heavy atom. The Morgan fingerprint density at radius 3 is 3.00 bits per heavy atom. The molecule has 2 heterocycles. The fourth-order valence-electron chi connectivity index (χ4n) is 2.85. The van der Waals surface area contributed by atoms with Crippen molar-refractivity contribution in [3.63, 3.8) is 0 Å². The highest BCUT2D eigenvalue weighted by atomic mass is 32.2. The van der Waals surface area contributed by atoms with Crippen molar-refractivity contribution in [2.75, 3.05) is 5.75 Å². The standard InChI is InChI=1S/C15H17N3OS2/c1-2-8-18-14(19)12-10-5-3-4-6-11(10)21-13(12)17-15(18)20-9-7-16/h2-6,8-9H2,1H3. The SMILES string of the molecule is CCCn1c(SCC#N)nc2sc3c(c2c1=O)CCCC3. The summed E-state index contributed by atoms with van der Waals surface area (Å²) in [7, 11) is 0. The van der Waals surface area contributed by atoms with E-state index in [1.54, 1.807) is 15.9 Å². The van der Waals surface area contributed by atoms with Crippen molar-refractivity contribution in [3.8, 4) is 6.07 Å². The zero-order valence-corrected chi connectivity index (χ0v) is 13.6. The molecule has 6 heteroatoms. The van der Waals surface area contributed by atoms with Crippen molar-refractivity contribution < 1.29 is 0 Å².